The molecule has 0 radical (unpaired) electrons. The summed E-state index contributed by atoms with van der Waals surface area (Å²) in [6.07, 6.45) is 6.75. The molecule has 4 heteroatoms. The molecule has 1 rings (SSSR count). The van der Waals surface area contributed by atoms with E-state index in [-0.39, 0.29) is 5.91 Å². The fraction of sp³-hybridized carbons (Fsp3) is 0.688. The number of unbranched alkanes of at least 4 members (excludes halogenated alkanes) is 4. The number of rotatable bonds is 10. The minimum Gasteiger partial charge on any atom is -0.455 e. The van der Waals surface area contributed by atoms with Gasteiger partial charge in [0.2, 0.25) is 0 Å². The van der Waals surface area contributed by atoms with Crippen LogP contribution in [-0.2, 0) is 6.54 Å². The third-order valence-electron chi connectivity index (χ3n) is 3.42. The number of carbonyl (C=O) groups is 1. The molecule has 0 saturated carbocycles. The maximum Gasteiger partial charge on any atom is 0.289 e. The highest BCUT2D eigenvalue weighted by molar-refractivity contribution is 5.91. The SMILES string of the molecule is CCCCCN(CCCCC)C(=O)c1ccc(CN)o1. The Bertz CT molecular complexity index is 378. The van der Waals surface area contributed by atoms with E-state index in [2.05, 4.69) is 13.8 Å². The molecule has 4 nitrogen and oxygen atoms in total. The van der Waals surface area contributed by atoms with Crippen molar-refractivity contribution in [3.05, 3.63) is 23.7 Å². The maximum absolute atomic E-state index is 12.5. The Hall–Kier alpha value is -1.29. The number of carbonyl (C=O) groups excluding carboxylic acids is 1. The van der Waals surface area contributed by atoms with Crippen molar-refractivity contribution in [3.8, 4) is 0 Å². The summed E-state index contributed by atoms with van der Waals surface area (Å²) in [5.41, 5.74) is 5.52. The summed E-state index contributed by atoms with van der Waals surface area (Å²) in [5.74, 6) is 1.07. The van der Waals surface area contributed by atoms with E-state index in [0.717, 1.165) is 51.6 Å². The normalized spacial score (nSPS) is 10.8. The number of hydrogen-bond donors (Lipinski definition) is 1. The maximum atomic E-state index is 12.5. The molecule has 2 N–H and O–H groups in total. The standard InChI is InChI=1S/C16H28N2O2/c1-3-5-7-11-18(12-8-6-4-2)16(19)15-10-9-14(13-17)20-15/h9-10H,3-8,11-13,17H2,1-2H3. The Morgan fingerprint density at radius 2 is 1.70 bits per heavy atom. The van der Waals surface area contributed by atoms with E-state index < -0.39 is 0 Å². The first-order chi connectivity index (χ1) is 9.72. The molecule has 0 fully saturated rings. The third-order valence-corrected chi connectivity index (χ3v) is 3.42. The van der Waals surface area contributed by atoms with Crippen LogP contribution in [0.3, 0.4) is 0 Å². The molecule has 1 heterocycles. The van der Waals surface area contributed by atoms with Crippen molar-refractivity contribution < 1.29 is 9.21 Å². The van der Waals surface area contributed by atoms with E-state index in [1.807, 2.05) is 4.90 Å². The molecule has 0 saturated heterocycles. The molecule has 0 aliphatic heterocycles. The Balaban J connectivity index is 2.61. The lowest BCUT2D eigenvalue weighted by Crippen LogP contribution is -2.32. The summed E-state index contributed by atoms with van der Waals surface area (Å²) in [6, 6.07) is 3.51. The van der Waals surface area contributed by atoms with Gasteiger partial charge in [-0.05, 0) is 25.0 Å². The van der Waals surface area contributed by atoms with Crippen LogP contribution in [0.25, 0.3) is 0 Å². The second-order valence-electron chi connectivity index (χ2n) is 5.18. The van der Waals surface area contributed by atoms with E-state index in [1.54, 1.807) is 12.1 Å². The molecule has 0 spiro atoms. The van der Waals surface area contributed by atoms with Gasteiger partial charge in [-0.1, -0.05) is 39.5 Å². The van der Waals surface area contributed by atoms with Crippen LogP contribution in [0.15, 0.2) is 16.5 Å². The van der Waals surface area contributed by atoms with Gasteiger partial charge >= 0.3 is 0 Å². The quantitative estimate of drug-likeness (QED) is 0.667. The van der Waals surface area contributed by atoms with Crippen molar-refractivity contribution in [2.24, 2.45) is 5.73 Å². The van der Waals surface area contributed by atoms with Gasteiger partial charge in [-0.2, -0.15) is 0 Å². The molecule has 0 bridgehead atoms. The molecule has 114 valence electrons. The lowest BCUT2D eigenvalue weighted by molar-refractivity contribution is 0.0715. The predicted molar refractivity (Wildman–Crippen MR) is 81.6 cm³/mol. The van der Waals surface area contributed by atoms with Crippen molar-refractivity contribution in [2.45, 2.75) is 58.9 Å². The third kappa shape index (κ3) is 5.37. The van der Waals surface area contributed by atoms with E-state index in [1.165, 1.54) is 0 Å². The van der Waals surface area contributed by atoms with Crippen LogP contribution in [0.2, 0.25) is 0 Å². The highest BCUT2D eigenvalue weighted by Crippen LogP contribution is 2.12. The predicted octanol–water partition coefficient (Wildman–Crippen LogP) is 3.56. The molecular weight excluding hydrogens is 252 g/mol. The minimum atomic E-state index is -0.00286. The zero-order valence-electron chi connectivity index (χ0n) is 12.9. The van der Waals surface area contributed by atoms with Gasteiger partial charge in [-0.25, -0.2) is 0 Å². The largest absolute Gasteiger partial charge is 0.455 e. The van der Waals surface area contributed by atoms with Gasteiger partial charge in [0.25, 0.3) is 5.91 Å². The summed E-state index contributed by atoms with van der Waals surface area (Å²) in [7, 11) is 0. The molecule has 0 unspecified atom stereocenters. The first kappa shape index (κ1) is 16.8. The average molecular weight is 280 g/mol. The van der Waals surface area contributed by atoms with E-state index in [9.17, 15) is 4.79 Å². The fourth-order valence-corrected chi connectivity index (χ4v) is 2.18. The van der Waals surface area contributed by atoms with Crippen LogP contribution in [0.5, 0.6) is 0 Å². The smallest absolute Gasteiger partial charge is 0.289 e. The molecule has 1 aromatic rings. The number of hydrogen-bond acceptors (Lipinski definition) is 3. The van der Waals surface area contributed by atoms with E-state index >= 15 is 0 Å². The Morgan fingerprint density at radius 1 is 1.10 bits per heavy atom. The first-order valence-corrected chi connectivity index (χ1v) is 7.81. The summed E-state index contributed by atoms with van der Waals surface area (Å²) in [4.78, 5) is 14.4. The van der Waals surface area contributed by atoms with Crippen molar-refractivity contribution >= 4 is 5.91 Å². The Morgan fingerprint density at radius 3 is 2.15 bits per heavy atom. The van der Waals surface area contributed by atoms with Crippen molar-refractivity contribution in [3.63, 3.8) is 0 Å². The second kappa shape index (κ2) is 9.59. The lowest BCUT2D eigenvalue weighted by atomic mass is 10.2. The van der Waals surface area contributed by atoms with Crippen molar-refractivity contribution in [1.29, 1.82) is 0 Å². The highest BCUT2D eigenvalue weighted by atomic mass is 16.4. The van der Waals surface area contributed by atoms with Gasteiger partial charge in [0.05, 0.1) is 6.54 Å². The molecule has 20 heavy (non-hydrogen) atoms. The minimum absolute atomic E-state index is 0.00286. The first-order valence-electron chi connectivity index (χ1n) is 7.81. The molecular formula is C16H28N2O2. The molecule has 0 aromatic carbocycles. The molecule has 0 atom stereocenters. The lowest BCUT2D eigenvalue weighted by Gasteiger charge is -2.21. The van der Waals surface area contributed by atoms with Crippen LogP contribution < -0.4 is 5.73 Å². The van der Waals surface area contributed by atoms with Crippen LogP contribution in [0.4, 0.5) is 0 Å². The number of amides is 1. The van der Waals surface area contributed by atoms with Crippen LogP contribution in [-0.4, -0.2) is 23.9 Å². The van der Waals surface area contributed by atoms with Crippen LogP contribution in [0, 0.1) is 0 Å². The number of furan rings is 1. The summed E-state index contributed by atoms with van der Waals surface area (Å²) in [6.45, 7) is 6.30. The topological polar surface area (TPSA) is 59.5 Å². The van der Waals surface area contributed by atoms with Crippen LogP contribution in [0.1, 0.15) is 68.7 Å². The van der Waals surface area contributed by atoms with Gasteiger partial charge in [0.15, 0.2) is 5.76 Å². The number of nitrogens with two attached hydrogens (primary N) is 1. The Labute approximate surface area is 122 Å². The molecule has 0 aliphatic carbocycles. The molecule has 0 aliphatic rings. The monoisotopic (exact) mass is 280 g/mol. The van der Waals surface area contributed by atoms with Gasteiger partial charge in [0, 0.05) is 13.1 Å². The zero-order chi connectivity index (χ0) is 14.8. The van der Waals surface area contributed by atoms with Gasteiger partial charge in [-0.3, -0.25) is 4.79 Å². The fourth-order valence-electron chi connectivity index (χ4n) is 2.18. The van der Waals surface area contributed by atoms with Gasteiger partial charge in [-0.15, -0.1) is 0 Å². The molecule has 1 aromatic heterocycles. The van der Waals surface area contributed by atoms with E-state index in [0.29, 0.717) is 18.1 Å². The van der Waals surface area contributed by atoms with Crippen molar-refractivity contribution in [2.75, 3.05) is 13.1 Å². The Kier molecular flexibility index (Phi) is 8.04. The summed E-state index contributed by atoms with van der Waals surface area (Å²) >= 11 is 0. The summed E-state index contributed by atoms with van der Waals surface area (Å²) < 4.78 is 5.47. The zero-order valence-corrected chi connectivity index (χ0v) is 12.9. The van der Waals surface area contributed by atoms with Crippen molar-refractivity contribution in [1.82, 2.24) is 4.90 Å². The summed E-state index contributed by atoms with van der Waals surface area (Å²) in [5, 5.41) is 0. The van der Waals surface area contributed by atoms with E-state index in [4.69, 9.17) is 10.2 Å². The highest BCUT2D eigenvalue weighted by Gasteiger charge is 2.18. The van der Waals surface area contributed by atoms with Crippen LogP contribution >= 0.6 is 0 Å². The molecule has 1 amide bonds. The second-order valence-corrected chi connectivity index (χ2v) is 5.18. The van der Waals surface area contributed by atoms with Gasteiger partial charge < -0.3 is 15.1 Å². The van der Waals surface area contributed by atoms with Gasteiger partial charge in [0.1, 0.15) is 5.76 Å². The number of nitrogens with zero attached hydrogens (tertiary/aromatic N) is 1. The average Bonchev–Trinajstić information content (AvgIpc) is 2.94.